The fourth-order valence-corrected chi connectivity index (χ4v) is 4.37. The van der Waals surface area contributed by atoms with Crippen molar-refractivity contribution in [3.05, 3.63) is 0 Å². The standard InChI is InChI=1S/C14H26N2O4S/c1-21(19,20)16-7-3-6-12(9-16)14(18)15-8-11-4-2-5-13(11)10-17/h11-13,17H,2-10H2,1H3,(H,15,18). The molecule has 122 valence electrons. The van der Waals surface area contributed by atoms with Crippen molar-refractivity contribution in [2.45, 2.75) is 32.1 Å². The molecule has 1 aliphatic heterocycles. The van der Waals surface area contributed by atoms with Crippen LogP contribution in [0, 0.1) is 17.8 Å². The summed E-state index contributed by atoms with van der Waals surface area (Å²) >= 11 is 0. The molecule has 3 atom stereocenters. The number of aliphatic hydroxyl groups excluding tert-OH is 1. The van der Waals surface area contributed by atoms with Gasteiger partial charge in [-0.2, -0.15) is 0 Å². The van der Waals surface area contributed by atoms with Crippen molar-refractivity contribution in [3.63, 3.8) is 0 Å². The third-order valence-electron chi connectivity index (χ3n) is 4.81. The van der Waals surface area contributed by atoms with E-state index in [0.717, 1.165) is 32.1 Å². The Balaban J connectivity index is 1.83. The number of amides is 1. The van der Waals surface area contributed by atoms with E-state index in [1.54, 1.807) is 0 Å². The third kappa shape index (κ3) is 4.40. The Morgan fingerprint density at radius 2 is 1.95 bits per heavy atom. The summed E-state index contributed by atoms with van der Waals surface area (Å²) in [5.74, 6) is 0.354. The lowest BCUT2D eigenvalue weighted by atomic mass is 9.95. The van der Waals surface area contributed by atoms with E-state index in [9.17, 15) is 18.3 Å². The topological polar surface area (TPSA) is 86.7 Å². The van der Waals surface area contributed by atoms with Crippen LogP contribution >= 0.6 is 0 Å². The predicted molar refractivity (Wildman–Crippen MR) is 80.1 cm³/mol. The first-order chi connectivity index (χ1) is 9.91. The van der Waals surface area contributed by atoms with Crippen LogP contribution < -0.4 is 5.32 Å². The molecule has 0 aromatic heterocycles. The molecule has 7 heteroatoms. The van der Waals surface area contributed by atoms with Crippen molar-refractivity contribution in [1.82, 2.24) is 9.62 Å². The second kappa shape index (κ2) is 7.07. The molecule has 21 heavy (non-hydrogen) atoms. The fourth-order valence-electron chi connectivity index (χ4n) is 3.46. The molecule has 2 rings (SSSR count). The van der Waals surface area contributed by atoms with E-state index in [1.807, 2.05) is 0 Å². The molecule has 0 aromatic rings. The second-order valence-electron chi connectivity index (χ2n) is 6.34. The van der Waals surface area contributed by atoms with Gasteiger partial charge in [0.2, 0.25) is 15.9 Å². The molecular weight excluding hydrogens is 292 g/mol. The zero-order valence-electron chi connectivity index (χ0n) is 12.6. The first kappa shape index (κ1) is 16.7. The highest BCUT2D eigenvalue weighted by molar-refractivity contribution is 7.88. The Morgan fingerprint density at radius 1 is 1.24 bits per heavy atom. The molecule has 2 fully saturated rings. The normalized spacial score (nSPS) is 31.2. The summed E-state index contributed by atoms with van der Waals surface area (Å²) in [6.45, 7) is 1.59. The lowest BCUT2D eigenvalue weighted by molar-refractivity contribution is -0.126. The molecule has 1 saturated heterocycles. The van der Waals surface area contributed by atoms with Gasteiger partial charge in [0.25, 0.3) is 0 Å². The van der Waals surface area contributed by atoms with Gasteiger partial charge in [-0.25, -0.2) is 12.7 Å². The SMILES string of the molecule is CS(=O)(=O)N1CCCC(C(=O)NCC2CCCC2CO)C1. The minimum atomic E-state index is -3.22. The van der Waals surface area contributed by atoms with Crippen LogP contribution in [-0.2, 0) is 14.8 Å². The van der Waals surface area contributed by atoms with Gasteiger partial charge in [-0.3, -0.25) is 4.79 Å². The van der Waals surface area contributed by atoms with Gasteiger partial charge in [0.05, 0.1) is 12.2 Å². The molecule has 0 spiro atoms. The van der Waals surface area contributed by atoms with Gasteiger partial charge in [0, 0.05) is 26.2 Å². The molecule has 2 N–H and O–H groups in total. The summed E-state index contributed by atoms with van der Waals surface area (Å²) < 4.78 is 24.5. The molecule has 1 aliphatic carbocycles. The van der Waals surface area contributed by atoms with E-state index in [4.69, 9.17) is 0 Å². The van der Waals surface area contributed by atoms with E-state index in [-0.39, 0.29) is 18.4 Å². The van der Waals surface area contributed by atoms with Crippen LogP contribution in [0.3, 0.4) is 0 Å². The lowest BCUT2D eigenvalue weighted by Crippen LogP contribution is -2.46. The van der Waals surface area contributed by atoms with Crippen molar-refractivity contribution in [2.75, 3.05) is 32.5 Å². The molecule has 0 radical (unpaired) electrons. The van der Waals surface area contributed by atoms with Gasteiger partial charge in [0.1, 0.15) is 0 Å². The molecule has 1 heterocycles. The van der Waals surface area contributed by atoms with Crippen LogP contribution in [0.2, 0.25) is 0 Å². The van der Waals surface area contributed by atoms with Crippen molar-refractivity contribution in [2.24, 2.45) is 17.8 Å². The number of rotatable bonds is 5. The van der Waals surface area contributed by atoms with Crippen LogP contribution in [0.1, 0.15) is 32.1 Å². The number of sulfonamides is 1. The third-order valence-corrected chi connectivity index (χ3v) is 6.08. The summed E-state index contributed by atoms with van der Waals surface area (Å²) in [5, 5.41) is 12.2. The van der Waals surface area contributed by atoms with E-state index in [0.29, 0.717) is 31.5 Å². The number of hydrogen-bond acceptors (Lipinski definition) is 4. The predicted octanol–water partition coefficient (Wildman–Crippen LogP) is 0.183. The number of nitrogens with zero attached hydrogens (tertiary/aromatic N) is 1. The average molecular weight is 318 g/mol. The maximum Gasteiger partial charge on any atom is 0.224 e. The molecule has 2 aliphatic rings. The molecule has 0 bridgehead atoms. The molecule has 6 nitrogen and oxygen atoms in total. The first-order valence-corrected chi connectivity index (χ1v) is 9.60. The van der Waals surface area contributed by atoms with Gasteiger partial charge in [-0.05, 0) is 37.5 Å². The largest absolute Gasteiger partial charge is 0.396 e. The Labute approximate surface area is 126 Å². The maximum atomic E-state index is 12.2. The first-order valence-electron chi connectivity index (χ1n) is 7.75. The highest BCUT2D eigenvalue weighted by atomic mass is 32.2. The number of piperidine rings is 1. The summed E-state index contributed by atoms with van der Waals surface area (Å²) in [5.41, 5.74) is 0. The molecule has 3 unspecified atom stereocenters. The minimum absolute atomic E-state index is 0.0491. The van der Waals surface area contributed by atoms with Gasteiger partial charge in [-0.15, -0.1) is 0 Å². The summed E-state index contributed by atoms with van der Waals surface area (Å²) in [6.07, 6.45) is 5.85. The fraction of sp³-hybridized carbons (Fsp3) is 0.929. The van der Waals surface area contributed by atoms with Gasteiger partial charge >= 0.3 is 0 Å². The zero-order valence-corrected chi connectivity index (χ0v) is 13.4. The minimum Gasteiger partial charge on any atom is -0.396 e. The second-order valence-corrected chi connectivity index (χ2v) is 8.32. The van der Waals surface area contributed by atoms with Crippen molar-refractivity contribution >= 4 is 15.9 Å². The van der Waals surface area contributed by atoms with Crippen LogP contribution in [0.25, 0.3) is 0 Å². The lowest BCUT2D eigenvalue weighted by Gasteiger charge is -2.30. The van der Waals surface area contributed by atoms with E-state index in [1.165, 1.54) is 10.6 Å². The van der Waals surface area contributed by atoms with Crippen molar-refractivity contribution < 1.29 is 18.3 Å². The van der Waals surface area contributed by atoms with Crippen LogP contribution in [0.15, 0.2) is 0 Å². The number of carbonyl (C=O) groups is 1. The van der Waals surface area contributed by atoms with Crippen molar-refractivity contribution in [1.29, 1.82) is 0 Å². The molecule has 1 saturated carbocycles. The smallest absolute Gasteiger partial charge is 0.224 e. The summed E-state index contributed by atoms with van der Waals surface area (Å²) in [6, 6.07) is 0. The average Bonchev–Trinajstić information content (AvgIpc) is 2.91. The van der Waals surface area contributed by atoms with Crippen LogP contribution in [0.4, 0.5) is 0 Å². The maximum absolute atomic E-state index is 12.2. The Morgan fingerprint density at radius 3 is 2.62 bits per heavy atom. The highest BCUT2D eigenvalue weighted by Gasteiger charge is 2.31. The Hall–Kier alpha value is -0.660. The van der Waals surface area contributed by atoms with Crippen molar-refractivity contribution in [3.8, 4) is 0 Å². The van der Waals surface area contributed by atoms with Gasteiger partial charge in [0.15, 0.2) is 0 Å². The number of hydrogen-bond donors (Lipinski definition) is 2. The monoisotopic (exact) mass is 318 g/mol. The number of aliphatic hydroxyl groups is 1. The zero-order chi connectivity index (χ0) is 15.5. The van der Waals surface area contributed by atoms with Crippen LogP contribution in [0.5, 0.6) is 0 Å². The Bertz CT molecular complexity index is 466. The van der Waals surface area contributed by atoms with E-state index >= 15 is 0 Å². The summed E-state index contributed by atoms with van der Waals surface area (Å²) in [4.78, 5) is 12.2. The van der Waals surface area contributed by atoms with Gasteiger partial charge in [-0.1, -0.05) is 6.42 Å². The molecular formula is C14H26N2O4S. The highest BCUT2D eigenvalue weighted by Crippen LogP contribution is 2.30. The van der Waals surface area contributed by atoms with E-state index in [2.05, 4.69) is 5.32 Å². The molecule has 0 aromatic carbocycles. The van der Waals surface area contributed by atoms with Crippen LogP contribution in [-0.4, -0.2) is 56.2 Å². The van der Waals surface area contributed by atoms with E-state index < -0.39 is 10.0 Å². The Kier molecular flexibility index (Phi) is 5.62. The summed E-state index contributed by atoms with van der Waals surface area (Å²) in [7, 11) is -3.22. The number of carbonyl (C=O) groups excluding carboxylic acids is 1. The quantitative estimate of drug-likeness (QED) is 0.757. The number of nitrogens with one attached hydrogen (secondary N) is 1. The van der Waals surface area contributed by atoms with Gasteiger partial charge < -0.3 is 10.4 Å². The molecule has 1 amide bonds.